The first-order valence-corrected chi connectivity index (χ1v) is 12.3. The third kappa shape index (κ3) is 4.53. The zero-order valence-corrected chi connectivity index (χ0v) is 20.1. The van der Waals surface area contributed by atoms with Crippen molar-refractivity contribution in [2.24, 2.45) is 0 Å². The van der Waals surface area contributed by atoms with E-state index >= 15 is 0 Å². The first kappa shape index (κ1) is 22.5. The van der Waals surface area contributed by atoms with Gasteiger partial charge in [-0.05, 0) is 54.8 Å². The molecule has 0 aliphatic carbocycles. The number of hydrogen-bond donors (Lipinski definition) is 2. The van der Waals surface area contributed by atoms with Gasteiger partial charge in [-0.15, -0.1) is 0 Å². The van der Waals surface area contributed by atoms with E-state index in [0.29, 0.717) is 11.3 Å². The third-order valence-electron chi connectivity index (χ3n) is 7.18. The number of carbonyl (C=O) groups is 1. The summed E-state index contributed by atoms with van der Waals surface area (Å²) in [5, 5.41) is 7.15. The van der Waals surface area contributed by atoms with Crippen LogP contribution in [-0.2, 0) is 12.8 Å². The van der Waals surface area contributed by atoms with Crippen molar-refractivity contribution in [3.63, 3.8) is 0 Å². The quantitative estimate of drug-likeness (QED) is 0.396. The fraction of sp³-hybridized carbons (Fsp3) is 0.345. The lowest BCUT2D eigenvalue weighted by Crippen LogP contribution is -2.45. The summed E-state index contributed by atoms with van der Waals surface area (Å²) in [7, 11) is 1.62. The van der Waals surface area contributed by atoms with Crippen LogP contribution >= 0.6 is 0 Å². The molecule has 1 aromatic heterocycles. The highest BCUT2D eigenvalue weighted by Gasteiger charge is 2.22. The number of aromatic amines is 1. The van der Waals surface area contributed by atoms with Crippen LogP contribution in [-0.4, -0.2) is 48.6 Å². The van der Waals surface area contributed by atoms with Gasteiger partial charge in [-0.25, -0.2) is 0 Å². The summed E-state index contributed by atoms with van der Waals surface area (Å²) in [5.41, 5.74) is 4.73. The van der Waals surface area contributed by atoms with Crippen molar-refractivity contribution in [1.82, 2.24) is 15.2 Å². The number of hydrogen-bond acceptors (Lipinski definition) is 3. The second kappa shape index (κ2) is 9.90. The fourth-order valence-corrected chi connectivity index (χ4v) is 5.24. The van der Waals surface area contributed by atoms with Gasteiger partial charge in [0.25, 0.3) is 5.91 Å². The number of amides is 1. The molecule has 5 rings (SSSR count). The topological polar surface area (TPSA) is 57.4 Å². The largest absolute Gasteiger partial charge is 0.497 e. The summed E-state index contributed by atoms with van der Waals surface area (Å²) >= 11 is 0. The molecular formula is C29H33N3O2. The minimum atomic E-state index is -0.0176. The van der Waals surface area contributed by atoms with Crippen LogP contribution in [0.4, 0.5) is 0 Å². The maximum atomic E-state index is 12.6. The number of piperidine rings is 1. The number of aryl methyl sites for hydroxylation is 1. The number of aromatic nitrogens is 1. The Morgan fingerprint density at radius 2 is 1.88 bits per heavy atom. The summed E-state index contributed by atoms with van der Waals surface area (Å²) in [4.78, 5) is 18.9. The molecule has 1 aliphatic rings. The Hall–Kier alpha value is -3.31. The van der Waals surface area contributed by atoms with Crippen molar-refractivity contribution in [1.29, 1.82) is 0 Å². The molecule has 0 radical (unpaired) electrons. The maximum Gasteiger partial charge on any atom is 0.251 e. The van der Waals surface area contributed by atoms with Crippen molar-refractivity contribution in [2.75, 3.05) is 26.7 Å². The SMILES string of the molecule is CCc1[nH]c2c(ccc3ccccc32)c1CCN1CCC(NC(=O)c2cccc(OC)c2)CC1. The number of benzene rings is 3. The van der Waals surface area contributed by atoms with E-state index < -0.39 is 0 Å². The Morgan fingerprint density at radius 3 is 2.68 bits per heavy atom. The molecule has 0 atom stereocenters. The lowest BCUT2D eigenvalue weighted by molar-refractivity contribution is 0.0911. The van der Waals surface area contributed by atoms with E-state index in [1.807, 2.05) is 18.2 Å². The van der Waals surface area contributed by atoms with Crippen LogP contribution in [0, 0.1) is 0 Å². The molecule has 176 valence electrons. The van der Waals surface area contributed by atoms with E-state index in [4.69, 9.17) is 4.74 Å². The first-order valence-electron chi connectivity index (χ1n) is 12.3. The van der Waals surface area contributed by atoms with Crippen LogP contribution in [0.1, 0.15) is 41.4 Å². The van der Waals surface area contributed by atoms with Crippen molar-refractivity contribution in [3.05, 3.63) is 77.5 Å². The third-order valence-corrected chi connectivity index (χ3v) is 7.18. The number of nitrogens with zero attached hydrogens (tertiary/aromatic N) is 1. The summed E-state index contributed by atoms with van der Waals surface area (Å²) in [5.74, 6) is 0.690. The molecule has 0 unspecified atom stereocenters. The van der Waals surface area contributed by atoms with Gasteiger partial charge in [-0.1, -0.05) is 49.4 Å². The Bertz CT molecular complexity index is 1300. The van der Waals surface area contributed by atoms with Crippen LogP contribution in [0.25, 0.3) is 21.7 Å². The Morgan fingerprint density at radius 1 is 1.06 bits per heavy atom. The monoisotopic (exact) mass is 455 g/mol. The molecule has 4 aromatic rings. The standard InChI is InChI=1S/C29H33N3O2/c1-3-27-25(26-12-11-20-7-4-5-10-24(20)28(26)31-27)15-18-32-16-13-22(14-17-32)30-29(33)21-8-6-9-23(19-21)34-2/h4-12,19,22,31H,3,13-18H2,1-2H3,(H,30,33). The molecular weight excluding hydrogens is 422 g/mol. The molecule has 34 heavy (non-hydrogen) atoms. The normalized spacial score (nSPS) is 15.1. The lowest BCUT2D eigenvalue weighted by atomic mass is 10.0. The zero-order valence-electron chi connectivity index (χ0n) is 20.1. The highest BCUT2D eigenvalue weighted by molar-refractivity contribution is 6.07. The number of ether oxygens (including phenoxy) is 1. The van der Waals surface area contributed by atoms with Gasteiger partial charge >= 0.3 is 0 Å². The number of H-pyrrole nitrogens is 1. The van der Waals surface area contributed by atoms with Gasteiger partial charge in [0, 0.05) is 47.7 Å². The van der Waals surface area contributed by atoms with E-state index in [1.54, 1.807) is 13.2 Å². The average molecular weight is 456 g/mol. The maximum absolute atomic E-state index is 12.6. The van der Waals surface area contributed by atoms with Crippen molar-refractivity contribution in [3.8, 4) is 5.75 Å². The predicted octanol–water partition coefficient (Wildman–Crippen LogP) is 5.33. The van der Waals surface area contributed by atoms with Gasteiger partial charge in [-0.2, -0.15) is 0 Å². The van der Waals surface area contributed by atoms with Crippen molar-refractivity contribution < 1.29 is 9.53 Å². The molecule has 1 saturated heterocycles. The van der Waals surface area contributed by atoms with Crippen LogP contribution in [0.3, 0.4) is 0 Å². The van der Waals surface area contributed by atoms with E-state index in [0.717, 1.165) is 45.3 Å². The summed E-state index contributed by atoms with van der Waals surface area (Å²) in [6.45, 7) is 5.29. The fourth-order valence-electron chi connectivity index (χ4n) is 5.24. The first-order chi connectivity index (χ1) is 16.7. The van der Waals surface area contributed by atoms with Gasteiger partial charge in [0.05, 0.1) is 12.6 Å². The number of likely N-dealkylation sites (tertiary alicyclic amines) is 1. The Balaban J connectivity index is 1.20. The molecule has 0 bridgehead atoms. The molecule has 0 spiro atoms. The van der Waals surface area contributed by atoms with Gasteiger partial charge in [0.2, 0.25) is 0 Å². The summed E-state index contributed by atoms with van der Waals surface area (Å²) < 4.78 is 5.24. The average Bonchev–Trinajstić information content (AvgIpc) is 3.26. The molecule has 3 aromatic carbocycles. The van der Waals surface area contributed by atoms with E-state index in [1.165, 1.54) is 32.9 Å². The molecule has 5 heteroatoms. The highest BCUT2D eigenvalue weighted by atomic mass is 16.5. The molecule has 0 saturated carbocycles. The molecule has 1 fully saturated rings. The highest BCUT2D eigenvalue weighted by Crippen LogP contribution is 2.30. The molecule has 5 nitrogen and oxygen atoms in total. The second-order valence-electron chi connectivity index (χ2n) is 9.22. The molecule has 2 N–H and O–H groups in total. The van der Waals surface area contributed by atoms with Gasteiger partial charge in [-0.3, -0.25) is 4.79 Å². The summed E-state index contributed by atoms with van der Waals surface area (Å²) in [6, 6.07) is 20.7. The van der Waals surface area contributed by atoms with Crippen LogP contribution < -0.4 is 10.1 Å². The number of carbonyl (C=O) groups excluding carboxylic acids is 1. The van der Waals surface area contributed by atoms with Crippen LogP contribution in [0.5, 0.6) is 5.75 Å². The van der Waals surface area contributed by atoms with Crippen molar-refractivity contribution in [2.45, 2.75) is 38.6 Å². The van der Waals surface area contributed by atoms with Crippen molar-refractivity contribution >= 4 is 27.6 Å². The number of fused-ring (bicyclic) bond motifs is 3. The molecule has 2 heterocycles. The smallest absolute Gasteiger partial charge is 0.251 e. The molecule has 1 amide bonds. The number of rotatable bonds is 7. The zero-order chi connectivity index (χ0) is 23.5. The van der Waals surface area contributed by atoms with E-state index in [9.17, 15) is 4.79 Å². The van der Waals surface area contributed by atoms with Gasteiger partial charge < -0.3 is 19.9 Å². The second-order valence-corrected chi connectivity index (χ2v) is 9.22. The molecule has 1 aliphatic heterocycles. The van der Waals surface area contributed by atoms with Gasteiger partial charge in [0.15, 0.2) is 0 Å². The van der Waals surface area contributed by atoms with Gasteiger partial charge in [0.1, 0.15) is 5.75 Å². The summed E-state index contributed by atoms with van der Waals surface area (Å²) in [6.07, 6.45) is 4.02. The minimum Gasteiger partial charge on any atom is -0.497 e. The van der Waals surface area contributed by atoms with Crippen LogP contribution in [0.15, 0.2) is 60.7 Å². The lowest BCUT2D eigenvalue weighted by Gasteiger charge is -2.32. The predicted molar refractivity (Wildman–Crippen MR) is 139 cm³/mol. The van der Waals surface area contributed by atoms with E-state index in [-0.39, 0.29) is 11.9 Å². The number of methoxy groups -OCH3 is 1. The van der Waals surface area contributed by atoms with Crippen LogP contribution in [0.2, 0.25) is 0 Å². The Labute approximate surface area is 201 Å². The minimum absolute atomic E-state index is 0.0176. The number of nitrogens with one attached hydrogen (secondary N) is 2. The Kier molecular flexibility index (Phi) is 6.54. The van der Waals surface area contributed by atoms with E-state index in [2.05, 4.69) is 58.5 Å².